The molecule has 5 nitrogen and oxygen atoms in total. The fraction of sp³-hybridized carbons (Fsp3) is 0.533. The Kier molecular flexibility index (Phi) is 3.78. The maximum atomic E-state index is 12.0. The molecule has 1 fully saturated rings. The number of hydrogen-bond acceptors (Lipinski definition) is 5. The van der Waals surface area contributed by atoms with E-state index in [1.165, 1.54) is 0 Å². The first-order valence-corrected chi connectivity index (χ1v) is 7.06. The van der Waals surface area contributed by atoms with Crippen molar-refractivity contribution in [3.8, 4) is 11.5 Å². The summed E-state index contributed by atoms with van der Waals surface area (Å²) in [5.74, 6) is 1.42. The Morgan fingerprint density at radius 3 is 2.90 bits per heavy atom. The molecule has 0 aromatic heterocycles. The minimum Gasteiger partial charge on any atom is -0.486 e. The van der Waals surface area contributed by atoms with Crippen LogP contribution in [0.3, 0.4) is 0 Å². The van der Waals surface area contributed by atoms with E-state index in [4.69, 9.17) is 14.2 Å². The number of carbonyl (C=O) groups is 1. The van der Waals surface area contributed by atoms with Crippen molar-refractivity contribution in [2.75, 3.05) is 32.9 Å². The normalized spacial score (nSPS) is 24.4. The topological polar surface area (TPSA) is 56.8 Å². The Bertz CT molecular complexity index is 503. The Morgan fingerprint density at radius 1 is 1.30 bits per heavy atom. The van der Waals surface area contributed by atoms with Crippen LogP contribution in [0.4, 0.5) is 0 Å². The van der Waals surface area contributed by atoms with E-state index in [0.717, 1.165) is 23.6 Å². The van der Waals surface area contributed by atoms with Crippen LogP contribution in [0.2, 0.25) is 0 Å². The van der Waals surface area contributed by atoms with Crippen molar-refractivity contribution < 1.29 is 19.0 Å². The van der Waals surface area contributed by atoms with E-state index in [-0.39, 0.29) is 17.8 Å². The molecule has 0 radical (unpaired) electrons. The van der Waals surface area contributed by atoms with E-state index >= 15 is 0 Å². The lowest BCUT2D eigenvalue weighted by molar-refractivity contribution is -0.147. The van der Waals surface area contributed by atoms with Crippen LogP contribution < -0.4 is 14.8 Å². The molecule has 1 saturated heterocycles. The van der Waals surface area contributed by atoms with E-state index in [1.807, 2.05) is 25.1 Å². The molecule has 0 spiro atoms. The third kappa shape index (κ3) is 2.45. The Balaban J connectivity index is 1.82. The number of hydrogen-bond donors (Lipinski definition) is 1. The monoisotopic (exact) mass is 277 g/mol. The van der Waals surface area contributed by atoms with Crippen LogP contribution in [0.15, 0.2) is 18.2 Å². The van der Waals surface area contributed by atoms with Gasteiger partial charge in [-0.2, -0.15) is 0 Å². The lowest BCUT2D eigenvalue weighted by Gasteiger charge is -2.22. The van der Waals surface area contributed by atoms with Crippen LogP contribution in [-0.2, 0) is 9.53 Å². The zero-order valence-corrected chi connectivity index (χ0v) is 11.6. The van der Waals surface area contributed by atoms with Gasteiger partial charge in [0.15, 0.2) is 11.5 Å². The first-order valence-electron chi connectivity index (χ1n) is 7.06. The molecule has 2 aliphatic heterocycles. The van der Waals surface area contributed by atoms with Crippen molar-refractivity contribution in [3.63, 3.8) is 0 Å². The second-order valence-corrected chi connectivity index (χ2v) is 5.03. The Labute approximate surface area is 118 Å². The lowest BCUT2D eigenvalue weighted by Crippen LogP contribution is -2.24. The molecule has 20 heavy (non-hydrogen) atoms. The molecule has 2 atom stereocenters. The molecule has 0 bridgehead atoms. The summed E-state index contributed by atoms with van der Waals surface area (Å²) >= 11 is 0. The van der Waals surface area contributed by atoms with Gasteiger partial charge in [-0.1, -0.05) is 6.07 Å². The first-order chi connectivity index (χ1) is 9.79. The Morgan fingerprint density at radius 2 is 2.10 bits per heavy atom. The molecule has 108 valence electrons. The number of nitrogens with one attached hydrogen (secondary N) is 1. The van der Waals surface area contributed by atoms with Crippen molar-refractivity contribution in [1.29, 1.82) is 0 Å². The zero-order chi connectivity index (χ0) is 13.9. The highest BCUT2D eigenvalue weighted by Crippen LogP contribution is 2.36. The van der Waals surface area contributed by atoms with Gasteiger partial charge >= 0.3 is 5.97 Å². The molecular weight excluding hydrogens is 258 g/mol. The summed E-state index contributed by atoms with van der Waals surface area (Å²) in [4.78, 5) is 12.0. The molecule has 2 aliphatic rings. The number of rotatable bonds is 3. The lowest BCUT2D eigenvalue weighted by atomic mass is 9.88. The standard InChI is InChI=1S/C15H19NO4/c1-2-18-15(17)12-9-16-8-11(12)10-3-4-13-14(7-10)20-6-5-19-13/h3-4,7,11-12,16H,2,5-6,8-9H2,1H3/t11-,12+/m0/s1. The van der Waals surface area contributed by atoms with Gasteiger partial charge in [0.1, 0.15) is 13.2 Å². The number of benzene rings is 1. The highest BCUT2D eigenvalue weighted by atomic mass is 16.6. The van der Waals surface area contributed by atoms with E-state index in [2.05, 4.69) is 5.32 Å². The number of esters is 1. The summed E-state index contributed by atoms with van der Waals surface area (Å²) < 4.78 is 16.3. The SMILES string of the molecule is CCOC(=O)[C@@H]1CNC[C@H]1c1ccc2c(c1)OCCO2. The van der Waals surface area contributed by atoms with Crippen LogP contribution >= 0.6 is 0 Å². The molecule has 1 aromatic rings. The molecular formula is C15H19NO4. The minimum atomic E-state index is -0.127. The molecule has 0 aliphatic carbocycles. The van der Waals surface area contributed by atoms with Crippen LogP contribution in [0.1, 0.15) is 18.4 Å². The fourth-order valence-electron chi connectivity index (χ4n) is 2.82. The average Bonchev–Trinajstić information content (AvgIpc) is 2.96. The molecule has 0 unspecified atom stereocenters. The molecule has 3 rings (SSSR count). The summed E-state index contributed by atoms with van der Waals surface area (Å²) in [5, 5.41) is 3.27. The van der Waals surface area contributed by atoms with Crippen LogP contribution in [0, 0.1) is 5.92 Å². The molecule has 0 saturated carbocycles. The van der Waals surface area contributed by atoms with E-state index in [0.29, 0.717) is 26.4 Å². The van der Waals surface area contributed by atoms with Gasteiger partial charge < -0.3 is 19.5 Å². The van der Waals surface area contributed by atoms with Gasteiger partial charge in [-0.3, -0.25) is 4.79 Å². The third-order valence-electron chi connectivity index (χ3n) is 3.80. The van der Waals surface area contributed by atoms with Gasteiger partial charge in [0, 0.05) is 19.0 Å². The smallest absolute Gasteiger partial charge is 0.310 e. The zero-order valence-electron chi connectivity index (χ0n) is 11.6. The summed E-state index contributed by atoms with van der Waals surface area (Å²) in [6, 6.07) is 5.92. The van der Waals surface area contributed by atoms with Crippen molar-refractivity contribution in [2.24, 2.45) is 5.92 Å². The van der Waals surface area contributed by atoms with Crippen molar-refractivity contribution in [2.45, 2.75) is 12.8 Å². The number of fused-ring (bicyclic) bond motifs is 1. The molecule has 1 aromatic carbocycles. The predicted molar refractivity (Wildman–Crippen MR) is 73.2 cm³/mol. The molecule has 2 heterocycles. The molecule has 5 heteroatoms. The average molecular weight is 277 g/mol. The highest BCUT2D eigenvalue weighted by Gasteiger charge is 2.35. The summed E-state index contributed by atoms with van der Waals surface area (Å²) in [6.45, 7) is 4.85. The third-order valence-corrected chi connectivity index (χ3v) is 3.80. The van der Waals surface area contributed by atoms with Gasteiger partial charge in [0.05, 0.1) is 12.5 Å². The van der Waals surface area contributed by atoms with Crippen molar-refractivity contribution >= 4 is 5.97 Å². The summed E-state index contributed by atoms with van der Waals surface area (Å²) in [6.07, 6.45) is 0. The summed E-state index contributed by atoms with van der Waals surface area (Å²) in [7, 11) is 0. The van der Waals surface area contributed by atoms with E-state index in [1.54, 1.807) is 0 Å². The minimum absolute atomic E-state index is 0.127. The van der Waals surface area contributed by atoms with Crippen molar-refractivity contribution in [3.05, 3.63) is 23.8 Å². The van der Waals surface area contributed by atoms with Gasteiger partial charge in [-0.05, 0) is 24.6 Å². The molecule has 1 N–H and O–H groups in total. The number of ether oxygens (including phenoxy) is 3. The van der Waals surface area contributed by atoms with E-state index in [9.17, 15) is 4.79 Å². The summed E-state index contributed by atoms with van der Waals surface area (Å²) in [5.41, 5.74) is 1.09. The van der Waals surface area contributed by atoms with Crippen LogP contribution in [-0.4, -0.2) is 38.9 Å². The quantitative estimate of drug-likeness (QED) is 0.845. The van der Waals surface area contributed by atoms with E-state index < -0.39 is 0 Å². The Hall–Kier alpha value is -1.75. The fourth-order valence-corrected chi connectivity index (χ4v) is 2.82. The largest absolute Gasteiger partial charge is 0.486 e. The first kappa shape index (κ1) is 13.2. The maximum absolute atomic E-state index is 12.0. The van der Waals surface area contributed by atoms with Gasteiger partial charge in [0.25, 0.3) is 0 Å². The van der Waals surface area contributed by atoms with Gasteiger partial charge in [-0.15, -0.1) is 0 Å². The maximum Gasteiger partial charge on any atom is 0.310 e. The molecule has 0 amide bonds. The van der Waals surface area contributed by atoms with Gasteiger partial charge in [-0.25, -0.2) is 0 Å². The second-order valence-electron chi connectivity index (χ2n) is 5.03. The number of carbonyl (C=O) groups excluding carboxylic acids is 1. The highest BCUT2D eigenvalue weighted by molar-refractivity contribution is 5.74. The van der Waals surface area contributed by atoms with Crippen molar-refractivity contribution in [1.82, 2.24) is 5.32 Å². The van der Waals surface area contributed by atoms with Gasteiger partial charge in [0.2, 0.25) is 0 Å². The van der Waals surface area contributed by atoms with Crippen LogP contribution in [0.5, 0.6) is 11.5 Å². The van der Waals surface area contributed by atoms with Crippen LogP contribution in [0.25, 0.3) is 0 Å². The predicted octanol–water partition coefficient (Wildman–Crippen LogP) is 1.32. The second kappa shape index (κ2) is 5.71.